The van der Waals surface area contributed by atoms with Gasteiger partial charge >= 0.3 is 6.18 Å². The maximum atomic E-state index is 12.0. The van der Waals surface area contributed by atoms with E-state index in [9.17, 15) is 21.6 Å². The van der Waals surface area contributed by atoms with Crippen LogP contribution < -0.4 is 10.0 Å². The molecule has 18 heavy (non-hydrogen) atoms. The lowest BCUT2D eigenvalue weighted by molar-refractivity contribution is -0.121. The Morgan fingerprint density at radius 1 is 1.39 bits per heavy atom. The molecule has 108 valence electrons. The van der Waals surface area contributed by atoms with Crippen molar-refractivity contribution in [3.05, 3.63) is 0 Å². The maximum Gasteiger partial charge on any atom is 0.402 e. The van der Waals surface area contributed by atoms with Gasteiger partial charge in [0.05, 0.1) is 0 Å². The van der Waals surface area contributed by atoms with E-state index >= 15 is 0 Å². The maximum absolute atomic E-state index is 12.0. The fourth-order valence-corrected chi connectivity index (χ4v) is 2.71. The summed E-state index contributed by atoms with van der Waals surface area (Å²) in [5, 5.41) is 3.14. The second-order valence-electron chi connectivity index (χ2n) is 4.37. The van der Waals surface area contributed by atoms with Crippen molar-refractivity contribution in [2.24, 2.45) is 0 Å². The van der Waals surface area contributed by atoms with Gasteiger partial charge < -0.3 is 5.32 Å². The number of nitrogens with zero attached hydrogens (tertiary/aromatic N) is 1. The predicted molar refractivity (Wildman–Crippen MR) is 61.2 cm³/mol. The first-order valence-corrected chi connectivity index (χ1v) is 7.16. The average Bonchev–Trinajstić information content (AvgIpc) is 2.27. The largest absolute Gasteiger partial charge is 0.402 e. The molecule has 0 radical (unpaired) electrons. The summed E-state index contributed by atoms with van der Waals surface area (Å²) in [4.78, 5) is 0. The van der Waals surface area contributed by atoms with Crippen LogP contribution in [-0.4, -0.2) is 51.6 Å². The average molecular weight is 289 g/mol. The molecular formula is C9H18F3N3O2S. The Hall–Kier alpha value is -0.380. The number of rotatable bonds is 5. The highest BCUT2D eigenvalue weighted by atomic mass is 32.2. The third-order valence-electron chi connectivity index (χ3n) is 2.76. The smallest absolute Gasteiger partial charge is 0.313 e. The SMILES string of the molecule is CN(CC1CCCCN1)S(=O)(=O)NCC(F)(F)F. The van der Waals surface area contributed by atoms with E-state index in [4.69, 9.17) is 0 Å². The molecule has 1 heterocycles. The zero-order valence-electron chi connectivity index (χ0n) is 10.1. The molecule has 0 bridgehead atoms. The van der Waals surface area contributed by atoms with E-state index in [1.54, 1.807) is 0 Å². The van der Waals surface area contributed by atoms with Crippen LogP contribution in [0.15, 0.2) is 0 Å². The standard InChI is InChI=1S/C9H18F3N3O2S/c1-15(6-8-4-2-3-5-13-8)18(16,17)14-7-9(10,11)12/h8,13-14H,2-7H2,1H3. The first kappa shape index (κ1) is 15.7. The van der Waals surface area contributed by atoms with Gasteiger partial charge in [-0.25, -0.2) is 0 Å². The van der Waals surface area contributed by atoms with Gasteiger partial charge in [0.1, 0.15) is 6.54 Å². The zero-order valence-corrected chi connectivity index (χ0v) is 10.9. The van der Waals surface area contributed by atoms with Crippen LogP contribution in [0, 0.1) is 0 Å². The number of piperidine rings is 1. The van der Waals surface area contributed by atoms with Crippen LogP contribution >= 0.6 is 0 Å². The van der Waals surface area contributed by atoms with E-state index in [-0.39, 0.29) is 12.6 Å². The van der Waals surface area contributed by atoms with Crippen LogP contribution in [0.1, 0.15) is 19.3 Å². The first-order chi connectivity index (χ1) is 8.21. The summed E-state index contributed by atoms with van der Waals surface area (Å²) >= 11 is 0. The highest BCUT2D eigenvalue weighted by Gasteiger charge is 2.31. The molecule has 1 aliphatic rings. The molecule has 0 aliphatic carbocycles. The lowest BCUT2D eigenvalue weighted by Crippen LogP contribution is -2.48. The molecule has 0 aromatic heterocycles. The van der Waals surface area contributed by atoms with Crippen molar-refractivity contribution in [3.8, 4) is 0 Å². The number of likely N-dealkylation sites (N-methyl/N-ethyl adjacent to an activating group) is 1. The van der Waals surface area contributed by atoms with Crippen molar-refractivity contribution in [1.82, 2.24) is 14.3 Å². The lowest BCUT2D eigenvalue weighted by atomic mass is 10.1. The first-order valence-electron chi connectivity index (χ1n) is 5.72. The molecule has 1 aliphatic heterocycles. The van der Waals surface area contributed by atoms with Crippen LogP contribution in [-0.2, 0) is 10.2 Å². The van der Waals surface area contributed by atoms with Gasteiger partial charge in [0.15, 0.2) is 0 Å². The number of hydrogen-bond donors (Lipinski definition) is 2. The van der Waals surface area contributed by atoms with Crippen molar-refractivity contribution >= 4 is 10.2 Å². The quantitative estimate of drug-likeness (QED) is 0.773. The van der Waals surface area contributed by atoms with Gasteiger partial charge in [-0.15, -0.1) is 0 Å². The van der Waals surface area contributed by atoms with E-state index in [0.29, 0.717) is 0 Å². The van der Waals surface area contributed by atoms with E-state index in [2.05, 4.69) is 5.32 Å². The number of alkyl halides is 3. The Labute approximate surface area is 105 Å². The normalized spacial score (nSPS) is 22.4. The Bertz CT molecular complexity index is 353. The molecule has 0 amide bonds. The Balaban J connectivity index is 2.45. The summed E-state index contributed by atoms with van der Waals surface area (Å²) in [7, 11) is -2.80. The Morgan fingerprint density at radius 3 is 2.56 bits per heavy atom. The van der Waals surface area contributed by atoms with Crippen LogP contribution in [0.25, 0.3) is 0 Å². The second-order valence-corrected chi connectivity index (χ2v) is 6.23. The fraction of sp³-hybridized carbons (Fsp3) is 1.00. The minimum atomic E-state index is -4.54. The molecule has 0 aromatic rings. The molecular weight excluding hydrogens is 271 g/mol. The molecule has 1 atom stereocenters. The fourth-order valence-electron chi connectivity index (χ4n) is 1.77. The Morgan fingerprint density at radius 2 is 2.06 bits per heavy atom. The van der Waals surface area contributed by atoms with E-state index in [0.717, 1.165) is 30.1 Å². The number of hydrogen-bond acceptors (Lipinski definition) is 3. The van der Waals surface area contributed by atoms with Crippen LogP contribution in [0.3, 0.4) is 0 Å². The van der Waals surface area contributed by atoms with Crippen molar-refractivity contribution in [2.75, 3.05) is 26.7 Å². The van der Waals surface area contributed by atoms with E-state index in [1.165, 1.54) is 11.8 Å². The van der Waals surface area contributed by atoms with Gasteiger partial charge in [-0.05, 0) is 19.4 Å². The minimum absolute atomic E-state index is 0.00575. The summed E-state index contributed by atoms with van der Waals surface area (Å²) in [6, 6.07) is 0.00575. The van der Waals surface area contributed by atoms with Gasteiger partial charge in [0.25, 0.3) is 10.2 Å². The molecule has 0 spiro atoms. The van der Waals surface area contributed by atoms with Crippen molar-refractivity contribution in [2.45, 2.75) is 31.5 Å². The highest BCUT2D eigenvalue weighted by molar-refractivity contribution is 7.87. The van der Waals surface area contributed by atoms with Crippen molar-refractivity contribution < 1.29 is 21.6 Å². The minimum Gasteiger partial charge on any atom is -0.313 e. The predicted octanol–water partition coefficient (Wildman–Crippen LogP) is 0.457. The highest BCUT2D eigenvalue weighted by Crippen LogP contribution is 2.14. The lowest BCUT2D eigenvalue weighted by Gasteiger charge is -2.27. The second kappa shape index (κ2) is 6.18. The monoisotopic (exact) mass is 289 g/mol. The van der Waals surface area contributed by atoms with Crippen LogP contribution in [0.4, 0.5) is 13.2 Å². The van der Waals surface area contributed by atoms with Gasteiger partial charge in [-0.1, -0.05) is 6.42 Å². The molecule has 0 aromatic carbocycles. The summed E-state index contributed by atoms with van der Waals surface area (Å²) in [5.74, 6) is 0. The summed E-state index contributed by atoms with van der Waals surface area (Å²) in [6.45, 7) is -0.556. The van der Waals surface area contributed by atoms with E-state index < -0.39 is 22.9 Å². The summed E-state index contributed by atoms with van der Waals surface area (Å²) < 4.78 is 61.4. The summed E-state index contributed by atoms with van der Waals surface area (Å²) in [6.07, 6.45) is -1.67. The van der Waals surface area contributed by atoms with Gasteiger partial charge in [-0.2, -0.15) is 30.6 Å². The third-order valence-corrected chi connectivity index (χ3v) is 4.23. The third kappa shape index (κ3) is 5.51. The molecule has 1 unspecified atom stereocenters. The van der Waals surface area contributed by atoms with Crippen molar-refractivity contribution in [3.63, 3.8) is 0 Å². The molecule has 0 saturated carbocycles. The number of halogens is 3. The van der Waals surface area contributed by atoms with Gasteiger partial charge in [-0.3, -0.25) is 0 Å². The van der Waals surface area contributed by atoms with Gasteiger partial charge in [0, 0.05) is 19.6 Å². The molecule has 2 N–H and O–H groups in total. The molecule has 9 heteroatoms. The molecule has 1 saturated heterocycles. The van der Waals surface area contributed by atoms with Crippen molar-refractivity contribution in [1.29, 1.82) is 0 Å². The zero-order chi connectivity index (χ0) is 13.8. The Kier molecular flexibility index (Phi) is 5.38. The van der Waals surface area contributed by atoms with Crippen LogP contribution in [0.2, 0.25) is 0 Å². The topological polar surface area (TPSA) is 61.4 Å². The van der Waals surface area contributed by atoms with Crippen LogP contribution in [0.5, 0.6) is 0 Å². The van der Waals surface area contributed by atoms with E-state index in [1.807, 2.05) is 0 Å². The number of nitrogens with one attached hydrogen (secondary N) is 2. The summed E-state index contributed by atoms with van der Waals surface area (Å²) in [5.41, 5.74) is 0. The molecule has 1 fully saturated rings. The van der Waals surface area contributed by atoms with Gasteiger partial charge in [0.2, 0.25) is 0 Å². The molecule has 5 nitrogen and oxygen atoms in total. The molecule has 1 rings (SSSR count).